The van der Waals surface area contributed by atoms with Crippen LogP contribution in [0.1, 0.15) is 12.8 Å². The first-order chi connectivity index (χ1) is 8.63. The van der Waals surface area contributed by atoms with Gasteiger partial charge in [0, 0.05) is 12.6 Å². The minimum atomic E-state index is -0.465. The molecule has 1 atom stereocenters. The molecule has 2 amide bonds. The number of rotatable bonds is 5. The van der Waals surface area contributed by atoms with Crippen LogP contribution in [0.4, 0.5) is 5.69 Å². The van der Waals surface area contributed by atoms with Gasteiger partial charge in [0.1, 0.15) is 6.54 Å². The number of hydrogen-bond donors (Lipinski definition) is 3. The van der Waals surface area contributed by atoms with Gasteiger partial charge in [-0.1, -0.05) is 0 Å². The number of nitrogens with one attached hydrogen (secondary N) is 2. The molecule has 0 radical (unpaired) electrons. The number of amides is 2. The van der Waals surface area contributed by atoms with E-state index in [0.717, 1.165) is 19.5 Å². The van der Waals surface area contributed by atoms with Crippen LogP contribution < -0.4 is 16.4 Å². The van der Waals surface area contributed by atoms with Crippen LogP contribution in [0.25, 0.3) is 0 Å². The molecule has 7 heteroatoms. The second-order valence-corrected chi connectivity index (χ2v) is 4.50. The molecule has 1 aliphatic rings. The molecule has 4 N–H and O–H groups in total. The Hall–Kier alpha value is -1.89. The molecule has 2 heterocycles. The predicted octanol–water partition coefficient (Wildman–Crippen LogP) is -0.694. The topological polar surface area (TPSA) is 102 Å². The standard InChI is InChI=1S/C11H17N5O2/c12-10(17)7-16-6-9(5-14-16)15-11(18)3-8-1-2-13-4-8/h5-6,8,13H,1-4,7H2,(H2,12,17)(H,15,18). The Morgan fingerprint density at radius 3 is 3.11 bits per heavy atom. The molecule has 1 unspecified atom stereocenters. The minimum Gasteiger partial charge on any atom is -0.368 e. The zero-order valence-electron chi connectivity index (χ0n) is 10.1. The van der Waals surface area contributed by atoms with Crippen molar-refractivity contribution in [1.82, 2.24) is 15.1 Å². The van der Waals surface area contributed by atoms with Crippen molar-refractivity contribution in [3.8, 4) is 0 Å². The van der Waals surface area contributed by atoms with Crippen molar-refractivity contribution in [2.24, 2.45) is 11.7 Å². The van der Waals surface area contributed by atoms with E-state index < -0.39 is 5.91 Å². The highest BCUT2D eigenvalue weighted by molar-refractivity contribution is 5.90. The summed E-state index contributed by atoms with van der Waals surface area (Å²) in [6.45, 7) is 1.89. The SMILES string of the molecule is NC(=O)Cn1cc(NC(=O)CC2CCNC2)cn1. The van der Waals surface area contributed by atoms with E-state index in [2.05, 4.69) is 15.7 Å². The van der Waals surface area contributed by atoms with Crippen LogP contribution in [0.15, 0.2) is 12.4 Å². The molecule has 18 heavy (non-hydrogen) atoms. The number of nitrogens with two attached hydrogens (primary N) is 1. The molecule has 0 bridgehead atoms. The molecule has 1 fully saturated rings. The average Bonchev–Trinajstić information content (AvgIpc) is 2.89. The molecule has 1 saturated heterocycles. The maximum Gasteiger partial charge on any atom is 0.239 e. The monoisotopic (exact) mass is 251 g/mol. The number of aromatic nitrogens is 2. The van der Waals surface area contributed by atoms with Gasteiger partial charge in [0.15, 0.2) is 0 Å². The maximum absolute atomic E-state index is 11.7. The Balaban J connectivity index is 1.82. The van der Waals surface area contributed by atoms with Crippen LogP contribution in [-0.2, 0) is 16.1 Å². The molecule has 0 aromatic carbocycles. The van der Waals surface area contributed by atoms with Crippen molar-refractivity contribution < 1.29 is 9.59 Å². The van der Waals surface area contributed by atoms with Gasteiger partial charge in [-0.3, -0.25) is 14.3 Å². The highest BCUT2D eigenvalue weighted by atomic mass is 16.2. The Labute approximate surface area is 105 Å². The third kappa shape index (κ3) is 3.56. The molecule has 0 aliphatic carbocycles. The van der Waals surface area contributed by atoms with Crippen molar-refractivity contribution in [2.45, 2.75) is 19.4 Å². The number of primary amides is 1. The molecule has 1 aliphatic heterocycles. The quantitative estimate of drug-likeness (QED) is 0.644. The highest BCUT2D eigenvalue weighted by Gasteiger charge is 2.18. The van der Waals surface area contributed by atoms with Crippen molar-refractivity contribution in [1.29, 1.82) is 0 Å². The number of nitrogens with zero attached hydrogens (tertiary/aromatic N) is 2. The van der Waals surface area contributed by atoms with Gasteiger partial charge in [0.2, 0.25) is 11.8 Å². The highest BCUT2D eigenvalue weighted by Crippen LogP contribution is 2.13. The lowest BCUT2D eigenvalue weighted by Gasteiger charge is -2.07. The third-order valence-electron chi connectivity index (χ3n) is 2.87. The fourth-order valence-electron chi connectivity index (χ4n) is 2.04. The van der Waals surface area contributed by atoms with Crippen LogP contribution in [0, 0.1) is 5.92 Å². The van der Waals surface area contributed by atoms with Crippen molar-refractivity contribution in [2.75, 3.05) is 18.4 Å². The second-order valence-electron chi connectivity index (χ2n) is 4.50. The lowest BCUT2D eigenvalue weighted by molar-refractivity contribution is -0.119. The Bertz CT molecular complexity index is 436. The van der Waals surface area contributed by atoms with Crippen LogP contribution >= 0.6 is 0 Å². The lowest BCUT2D eigenvalue weighted by Crippen LogP contribution is -2.19. The van der Waals surface area contributed by atoms with Gasteiger partial charge >= 0.3 is 0 Å². The van der Waals surface area contributed by atoms with Gasteiger partial charge in [-0.05, 0) is 25.4 Å². The normalized spacial score (nSPS) is 18.8. The molecule has 1 aromatic heterocycles. The first-order valence-corrected chi connectivity index (χ1v) is 5.95. The largest absolute Gasteiger partial charge is 0.368 e. The fourth-order valence-corrected chi connectivity index (χ4v) is 2.04. The summed E-state index contributed by atoms with van der Waals surface area (Å²) in [5.41, 5.74) is 5.64. The van der Waals surface area contributed by atoms with Crippen LogP contribution in [0.5, 0.6) is 0 Å². The van der Waals surface area contributed by atoms with Crippen molar-refractivity contribution in [3.05, 3.63) is 12.4 Å². The van der Waals surface area contributed by atoms with Gasteiger partial charge in [-0.25, -0.2) is 0 Å². The smallest absolute Gasteiger partial charge is 0.239 e. The zero-order valence-corrected chi connectivity index (χ0v) is 10.1. The second kappa shape index (κ2) is 5.63. The van der Waals surface area contributed by atoms with Gasteiger partial charge in [-0.15, -0.1) is 0 Å². The average molecular weight is 251 g/mol. The summed E-state index contributed by atoms with van der Waals surface area (Å²) in [5.74, 6) is -0.0824. The summed E-state index contributed by atoms with van der Waals surface area (Å²) in [4.78, 5) is 22.4. The molecular weight excluding hydrogens is 234 g/mol. The van der Waals surface area contributed by atoms with E-state index >= 15 is 0 Å². The summed E-state index contributed by atoms with van der Waals surface area (Å²) in [6.07, 6.45) is 4.64. The number of hydrogen-bond acceptors (Lipinski definition) is 4. The molecule has 0 spiro atoms. The van der Waals surface area contributed by atoms with Crippen molar-refractivity contribution in [3.63, 3.8) is 0 Å². The van der Waals surface area contributed by atoms with Crippen LogP contribution in [-0.4, -0.2) is 34.7 Å². The molecule has 1 aromatic rings. The lowest BCUT2D eigenvalue weighted by atomic mass is 10.0. The summed E-state index contributed by atoms with van der Waals surface area (Å²) < 4.78 is 1.40. The molecule has 7 nitrogen and oxygen atoms in total. The summed E-state index contributed by atoms with van der Waals surface area (Å²) in [6, 6.07) is 0. The Morgan fingerprint density at radius 2 is 2.44 bits per heavy atom. The summed E-state index contributed by atoms with van der Waals surface area (Å²) in [7, 11) is 0. The number of carbonyl (C=O) groups is 2. The minimum absolute atomic E-state index is 0.0163. The molecular formula is C11H17N5O2. The first-order valence-electron chi connectivity index (χ1n) is 5.95. The fraction of sp³-hybridized carbons (Fsp3) is 0.545. The van der Waals surface area contributed by atoms with Gasteiger partial charge in [0.25, 0.3) is 0 Å². The van der Waals surface area contributed by atoms with Gasteiger partial charge < -0.3 is 16.4 Å². The van der Waals surface area contributed by atoms with E-state index in [-0.39, 0.29) is 12.5 Å². The van der Waals surface area contributed by atoms with Crippen LogP contribution in [0.2, 0.25) is 0 Å². The van der Waals surface area contributed by atoms with E-state index in [9.17, 15) is 9.59 Å². The molecule has 98 valence electrons. The summed E-state index contributed by atoms with van der Waals surface area (Å²) in [5, 5.41) is 9.91. The van der Waals surface area contributed by atoms with E-state index in [4.69, 9.17) is 5.73 Å². The predicted molar refractivity (Wildman–Crippen MR) is 65.6 cm³/mol. The van der Waals surface area contributed by atoms with Gasteiger partial charge in [-0.2, -0.15) is 5.10 Å². The van der Waals surface area contributed by atoms with E-state index in [0.29, 0.717) is 18.0 Å². The van der Waals surface area contributed by atoms with Crippen molar-refractivity contribution >= 4 is 17.5 Å². The van der Waals surface area contributed by atoms with E-state index in [1.54, 1.807) is 6.20 Å². The zero-order chi connectivity index (χ0) is 13.0. The molecule has 0 saturated carbocycles. The third-order valence-corrected chi connectivity index (χ3v) is 2.87. The first kappa shape index (κ1) is 12.6. The number of anilines is 1. The van der Waals surface area contributed by atoms with Crippen LogP contribution in [0.3, 0.4) is 0 Å². The summed E-state index contributed by atoms with van der Waals surface area (Å²) >= 11 is 0. The maximum atomic E-state index is 11.7. The Kier molecular flexibility index (Phi) is 3.93. The van der Waals surface area contributed by atoms with E-state index in [1.165, 1.54) is 10.9 Å². The Morgan fingerprint density at radius 1 is 1.61 bits per heavy atom. The van der Waals surface area contributed by atoms with Gasteiger partial charge in [0.05, 0.1) is 11.9 Å². The number of carbonyl (C=O) groups excluding carboxylic acids is 2. The van der Waals surface area contributed by atoms with E-state index in [1.807, 2.05) is 0 Å². The molecule has 2 rings (SSSR count).